The maximum Gasteiger partial charge on any atom is 0.308 e. The summed E-state index contributed by atoms with van der Waals surface area (Å²) in [4.78, 5) is 34.1. The summed E-state index contributed by atoms with van der Waals surface area (Å²) < 4.78 is 144. The summed E-state index contributed by atoms with van der Waals surface area (Å²) in [6.45, 7) is 5.19. The number of carbonyl (C=O) groups is 2. The highest BCUT2D eigenvalue weighted by molar-refractivity contribution is 6.38. The van der Waals surface area contributed by atoms with Gasteiger partial charge >= 0.3 is 11.9 Å². The molecule has 0 saturated heterocycles. The average molecular weight is 1230 g/mol. The van der Waals surface area contributed by atoms with Crippen molar-refractivity contribution in [3.8, 4) is 134 Å². The number of aromatic nitrogens is 2. The van der Waals surface area contributed by atoms with E-state index in [1.165, 1.54) is 110 Å². The van der Waals surface area contributed by atoms with Crippen molar-refractivity contribution in [3.05, 3.63) is 238 Å². The van der Waals surface area contributed by atoms with Crippen LogP contribution in [0.5, 0.6) is 23.0 Å². The highest BCUT2D eigenvalue weighted by Gasteiger charge is 2.32. The standard InChI is InChI=1S/C70H41Cl2F8N2O6/c1-33-20-21-38(32-81-33)40-22-26-53(78)66(69(40)79)61-42(13-7-19-57(61)88-36(4)84)45-24-27-50(75)63(67(45)71)59-41(12-6-17-55(59)86)44-23-28-51(76)64(68(44)72)60-43(14-8-18-56(60)87-35(3)83)46-25-29-52(77)65(70(46)80)58-34(2)82-54(62-48(73)15-9-16-49(62)74)31-47(58)37-10-5-11-39(85)30-37/h5-30,32,85-86H,1-4H3. The Hall–Kier alpha value is -10.2. The fourth-order valence-corrected chi connectivity index (χ4v) is 11.5. The van der Waals surface area contributed by atoms with Crippen LogP contribution in [0, 0.1) is 66.5 Å². The van der Waals surface area contributed by atoms with Gasteiger partial charge in [-0.3, -0.25) is 19.6 Å². The van der Waals surface area contributed by atoms with Crippen LogP contribution in [0.2, 0.25) is 10.0 Å². The van der Waals surface area contributed by atoms with Gasteiger partial charge in [-0.2, -0.15) is 0 Å². The Labute approximate surface area is 507 Å². The van der Waals surface area contributed by atoms with Crippen molar-refractivity contribution in [3.63, 3.8) is 0 Å². The number of hydrogen-bond donors (Lipinski definition) is 2. The molecule has 0 fully saturated rings. The molecular weight excluding hydrogens is 1190 g/mol. The SMILES string of the molecule is CC(=O)Oc1cccc(-c2ccc(F)c(-c3c(O)cccc3-c3ccc(F)c(-c4c(OC(C)=O)cccc4-c4ccc(F)c(-c5c(-c6cccc(O)c6)[c]c(-c6c(F)cccc6F)nc5C)c4F)c3Cl)c2Cl)c1-c1c(F)ccc(-c2ccc(C)nc2)c1F. The Morgan fingerprint density at radius 1 is 0.443 bits per heavy atom. The lowest BCUT2D eigenvalue weighted by atomic mass is 9.86. The number of aromatic hydroxyl groups is 2. The van der Waals surface area contributed by atoms with Gasteiger partial charge in [0, 0.05) is 104 Å². The van der Waals surface area contributed by atoms with Crippen molar-refractivity contribution in [1.29, 1.82) is 0 Å². The predicted octanol–water partition coefficient (Wildman–Crippen LogP) is 19.2. The number of halogens is 10. The molecule has 8 nitrogen and oxygen atoms in total. The molecule has 2 heterocycles. The fraction of sp³-hybridized carbons (Fsp3) is 0.0571. The zero-order valence-corrected chi connectivity index (χ0v) is 47.8. The molecule has 18 heteroatoms. The minimum Gasteiger partial charge on any atom is -0.508 e. The molecule has 0 unspecified atom stereocenters. The quantitative estimate of drug-likeness (QED) is 0.0705. The van der Waals surface area contributed by atoms with Gasteiger partial charge in [0.05, 0.1) is 32.4 Å². The molecule has 2 aromatic heterocycles. The van der Waals surface area contributed by atoms with E-state index in [2.05, 4.69) is 16.0 Å². The largest absolute Gasteiger partial charge is 0.508 e. The predicted molar refractivity (Wildman–Crippen MR) is 320 cm³/mol. The molecular formula is C70H41Cl2F8N2O6. The first-order chi connectivity index (χ1) is 42.1. The number of carbonyl (C=O) groups excluding carboxylic acids is 2. The minimum absolute atomic E-state index is 0.0676. The summed E-state index contributed by atoms with van der Waals surface area (Å²) in [5.41, 5.74) is -5.11. The normalized spacial score (nSPS) is 11.2. The van der Waals surface area contributed by atoms with E-state index >= 15 is 35.1 Å². The summed E-state index contributed by atoms with van der Waals surface area (Å²) in [6.07, 6.45) is 1.40. The van der Waals surface area contributed by atoms with E-state index in [4.69, 9.17) is 32.7 Å². The summed E-state index contributed by atoms with van der Waals surface area (Å²) >= 11 is 14.7. The van der Waals surface area contributed by atoms with Gasteiger partial charge in [0.25, 0.3) is 0 Å². The molecule has 0 atom stereocenters. The highest BCUT2D eigenvalue weighted by atomic mass is 35.5. The van der Waals surface area contributed by atoms with Crippen LogP contribution >= 0.6 is 23.2 Å². The summed E-state index contributed by atoms with van der Waals surface area (Å²) in [5.74, 6) is -12.2. The fourth-order valence-electron chi connectivity index (χ4n) is 10.8. The Balaban J connectivity index is 1.11. The van der Waals surface area contributed by atoms with E-state index in [1.807, 2.05) is 0 Å². The summed E-state index contributed by atoms with van der Waals surface area (Å²) in [6, 6.07) is 35.1. The van der Waals surface area contributed by atoms with E-state index in [9.17, 15) is 19.8 Å². The van der Waals surface area contributed by atoms with Crippen LogP contribution < -0.4 is 9.47 Å². The van der Waals surface area contributed by atoms with E-state index < -0.39 is 108 Å². The maximum absolute atomic E-state index is 18.1. The second-order valence-corrected chi connectivity index (χ2v) is 20.9. The molecule has 0 amide bonds. The molecule has 88 heavy (non-hydrogen) atoms. The number of esters is 2. The van der Waals surface area contributed by atoms with Gasteiger partial charge in [-0.1, -0.05) is 83.9 Å². The van der Waals surface area contributed by atoms with Crippen molar-refractivity contribution in [2.45, 2.75) is 27.7 Å². The van der Waals surface area contributed by atoms with Crippen molar-refractivity contribution in [1.82, 2.24) is 9.97 Å². The monoisotopic (exact) mass is 1230 g/mol. The Bertz CT molecular complexity index is 4690. The molecule has 11 aromatic rings. The van der Waals surface area contributed by atoms with Gasteiger partial charge in [-0.05, 0) is 133 Å². The van der Waals surface area contributed by atoms with Crippen LogP contribution in [0.3, 0.4) is 0 Å². The van der Waals surface area contributed by atoms with Crippen LogP contribution in [-0.2, 0) is 9.59 Å². The maximum atomic E-state index is 18.1. The van der Waals surface area contributed by atoms with Crippen LogP contribution in [0.25, 0.3) is 111 Å². The number of phenolic OH excluding ortho intramolecular Hbond substituents is 2. The van der Waals surface area contributed by atoms with Gasteiger partial charge in [-0.25, -0.2) is 35.1 Å². The molecule has 0 bridgehead atoms. The molecule has 11 rings (SSSR count). The first-order valence-electron chi connectivity index (χ1n) is 26.6. The molecule has 1 radical (unpaired) electrons. The molecule has 2 N–H and O–H groups in total. The first-order valence-corrected chi connectivity index (χ1v) is 27.4. The third kappa shape index (κ3) is 10.9. The van der Waals surface area contributed by atoms with Crippen molar-refractivity contribution in [2.75, 3.05) is 0 Å². The number of benzene rings is 9. The smallest absolute Gasteiger partial charge is 0.308 e. The molecule has 437 valence electrons. The van der Waals surface area contributed by atoms with E-state index in [0.717, 1.165) is 62.4 Å². The molecule has 0 aliphatic heterocycles. The highest BCUT2D eigenvalue weighted by Crippen LogP contribution is 2.54. The van der Waals surface area contributed by atoms with Gasteiger partial charge in [0.15, 0.2) is 0 Å². The van der Waals surface area contributed by atoms with Crippen molar-refractivity contribution < 1.29 is 64.4 Å². The molecule has 0 aliphatic carbocycles. The second-order valence-electron chi connectivity index (χ2n) is 20.1. The molecule has 0 spiro atoms. The van der Waals surface area contributed by atoms with Gasteiger partial charge in [0.2, 0.25) is 0 Å². The second kappa shape index (κ2) is 24.0. The van der Waals surface area contributed by atoms with Gasteiger partial charge in [0.1, 0.15) is 69.5 Å². The Morgan fingerprint density at radius 2 is 0.898 bits per heavy atom. The lowest BCUT2D eigenvalue weighted by Gasteiger charge is -2.22. The van der Waals surface area contributed by atoms with E-state index in [1.54, 1.807) is 19.1 Å². The third-order valence-corrected chi connectivity index (χ3v) is 15.3. The third-order valence-electron chi connectivity index (χ3n) is 14.5. The van der Waals surface area contributed by atoms with Gasteiger partial charge in [-0.15, -0.1) is 0 Å². The Morgan fingerprint density at radius 3 is 1.45 bits per heavy atom. The summed E-state index contributed by atoms with van der Waals surface area (Å²) in [7, 11) is 0. The topological polar surface area (TPSA) is 119 Å². The minimum atomic E-state index is -1.30. The van der Waals surface area contributed by atoms with Crippen LogP contribution in [0.4, 0.5) is 35.1 Å². The number of hydrogen-bond acceptors (Lipinski definition) is 8. The number of phenols is 2. The van der Waals surface area contributed by atoms with Crippen molar-refractivity contribution in [2.24, 2.45) is 0 Å². The summed E-state index contributed by atoms with van der Waals surface area (Å²) in [5, 5.41) is 21.6. The van der Waals surface area contributed by atoms with Gasteiger partial charge < -0.3 is 19.7 Å². The number of nitrogens with zero attached hydrogens (tertiary/aromatic N) is 2. The van der Waals surface area contributed by atoms with E-state index in [0.29, 0.717) is 5.69 Å². The average Bonchev–Trinajstić information content (AvgIpc) is 0.790. The van der Waals surface area contributed by atoms with Crippen molar-refractivity contribution >= 4 is 35.1 Å². The zero-order valence-electron chi connectivity index (χ0n) is 46.3. The van der Waals surface area contributed by atoms with Crippen LogP contribution in [0.1, 0.15) is 25.2 Å². The first kappa shape index (κ1) is 59.6. The van der Waals surface area contributed by atoms with E-state index in [-0.39, 0.29) is 101 Å². The van der Waals surface area contributed by atoms with Crippen LogP contribution in [0.15, 0.2) is 164 Å². The lowest BCUT2D eigenvalue weighted by molar-refractivity contribution is -0.132. The number of rotatable bonds is 12. The Kier molecular flexibility index (Phi) is 16.2. The zero-order chi connectivity index (χ0) is 62.6. The van der Waals surface area contributed by atoms with Crippen LogP contribution in [-0.4, -0.2) is 32.1 Å². The molecule has 0 saturated carbocycles. The number of aryl methyl sites for hydroxylation is 2. The number of pyridine rings is 2. The molecule has 9 aromatic carbocycles. The number of ether oxygens (including phenoxy) is 2. The molecule has 0 aliphatic rings. The lowest BCUT2D eigenvalue weighted by Crippen LogP contribution is -2.06.